The van der Waals surface area contributed by atoms with Gasteiger partial charge in [-0.15, -0.1) is 0 Å². The molecule has 0 radical (unpaired) electrons. The maximum Gasteiger partial charge on any atom is 0.230 e. The Morgan fingerprint density at radius 1 is 1.35 bits per heavy atom. The van der Waals surface area contributed by atoms with Crippen molar-refractivity contribution in [3.63, 3.8) is 0 Å². The third-order valence-corrected chi connectivity index (χ3v) is 2.42. The van der Waals surface area contributed by atoms with Crippen LogP contribution in [0.1, 0.15) is 19.4 Å². The zero-order valence-electron chi connectivity index (χ0n) is 9.79. The van der Waals surface area contributed by atoms with Crippen molar-refractivity contribution in [1.29, 1.82) is 0 Å². The van der Waals surface area contributed by atoms with Crippen LogP contribution in [0.2, 0.25) is 5.02 Å². The van der Waals surface area contributed by atoms with Crippen molar-refractivity contribution in [3.05, 3.63) is 34.9 Å². The predicted molar refractivity (Wildman–Crippen MR) is 74.2 cm³/mol. The molecule has 0 aliphatic rings. The maximum atomic E-state index is 11.6. The molecule has 0 aliphatic carbocycles. The smallest absolute Gasteiger partial charge is 0.230 e. The summed E-state index contributed by atoms with van der Waals surface area (Å²) in [5.74, 6) is -0.134. The van der Waals surface area contributed by atoms with Gasteiger partial charge < -0.3 is 10.6 Å². The summed E-state index contributed by atoms with van der Waals surface area (Å²) in [4.78, 5) is 11.6. The van der Waals surface area contributed by atoms with Crippen LogP contribution in [-0.2, 0) is 11.2 Å². The van der Waals surface area contributed by atoms with Gasteiger partial charge in [0.2, 0.25) is 5.91 Å². The first-order chi connectivity index (χ1) is 7.97. The van der Waals surface area contributed by atoms with Crippen LogP contribution >= 0.6 is 23.8 Å². The van der Waals surface area contributed by atoms with Gasteiger partial charge in [0, 0.05) is 11.1 Å². The highest BCUT2D eigenvalue weighted by molar-refractivity contribution is 7.80. The fourth-order valence-corrected chi connectivity index (χ4v) is 1.73. The fraction of sp³-hybridized carbons (Fsp3) is 0.333. The number of carbonyl (C=O) groups excluding carboxylic acids is 1. The van der Waals surface area contributed by atoms with Crippen LogP contribution in [0.15, 0.2) is 24.3 Å². The minimum absolute atomic E-state index is 0.134. The van der Waals surface area contributed by atoms with Crippen molar-refractivity contribution >= 4 is 34.8 Å². The Hall–Kier alpha value is -1.13. The Labute approximate surface area is 112 Å². The van der Waals surface area contributed by atoms with Crippen LogP contribution in [0, 0.1) is 0 Å². The number of benzene rings is 1. The lowest BCUT2D eigenvalue weighted by Crippen LogP contribution is -2.42. The van der Waals surface area contributed by atoms with Crippen LogP contribution < -0.4 is 10.6 Å². The van der Waals surface area contributed by atoms with Crippen LogP contribution in [0.5, 0.6) is 0 Å². The molecule has 0 aliphatic heterocycles. The van der Waals surface area contributed by atoms with Gasteiger partial charge in [0.25, 0.3) is 0 Å². The lowest BCUT2D eigenvalue weighted by molar-refractivity contribution is -0.119. The molecule has 1 aromatic carbocycles. The predicted octanol–water partition coefficient (Wildman–Crippen LogP) is 2.28. The van der Waals surface area contributed by atoms with Gasteiger partial charge in [-0.25, -0.2) is 0 Å². The van der Waals surface area contributed by atoms with Crippen molar-refractivity contribution in [2.45, 2.75) is 26.3 Å². The summed E-state index contributed by atoms with van der Waals surface area (Å²) in [5, 5.41) is 6.59. The number of amides is 1. The summed E-state index contributed by atoms with van der Waals surface area (Å²) in [5.41, 5.74) is 0.902. The molecule has 0 unspecified atom stereocenters. The van der Waals surface area contributed by atoms with Gasteiger partial charge >= 0.3 is 0 Å². The first-order valence-electron chi connectivity index (χ1n) is 5.32. The molecule has 0 spiro atoms. The number of rotatable bonds is 3. The van der Waals surface area contributed by atoms with E-state index in [0.29, 0.717) is 10.1 Å². The average Bonchev–Trinajstić information content (AvgIpc) is 2.19. The summed E-state index contributed by atoms with van der Waals surface area (Å²) in [7, 11) is 0. The quantitative estimate of drug-likeness (QED) is 0.828. The monoisotopic (exact) mass is 270 g/mol. The van der Waals surface area contributed by atoms with Crippen LogP contribution in [0.3, 0.4) is 0 Å². The minimum Gasteiger partial charge on any atom is -0.360 e. The van der Waals surface area contributed by atoms with Crippen molar-refractivity contribution in [2.24, 2.45) is 0 Å². The van der Waals surface area contributed by atoms with Gasteiger partial charge in [0.15, 0.2) is 5.11 Å². The Balaban J connectivity index is 2.44. The van der Waals surface area contributed by atoms with E-state index in [0.717, 1.165) is 5.56 Å². The van der Waals surface area contributed by atoms with E-state index in [1.54, 1.807) is 12.1 Å². The fourth-order valence-electron chi connectivity index (χ4n) is 1.26. The highest BCUT2D eigenvalue weighted by Crippen LogP contribution is 2.09. The number of hydrogen-bond acceptors (Lipinski definition) is 2. The van der Waals surface area contributed by atoms with E-state index in [-0.39, 0.29) is 18.4 Å². The number of thiocarbonyl (C=S) groups is 1. The second-order valence-electron chi connectivity index (χ2n) is 3.98. The van der Waals surface area contributed by atoms with Crippen molar-refractivity contribution in [1.82, 2.24) is 10.6 Å². The molecule has 1 rings (SSSR count). The number of nitrogens with one attached hydrogen (secondary N) is 2. The lowest BCUT2D eigenvalue weighted by Gasteiger charge is -2.12. The summed E-state index contributed by atoms with van der Waals surface area (Å²) >= 11 is 10.7. The number of halogens is 1. The van der Waals surface area contributed by atoms with Crippen LogP contribution in [0.4, 0.5) is 0 Å². The van der Waals surface area contributed by atoms with Crippen molar-refractivity contribution < 1.29 is 4.79 Å². The highest BCUT2D eigenvalue weighted by Gasteiger charge is 2.06. The van der Waals surface area contributed by atoms with E-state index in [1.165, 1.54) is 0 Å². The lowest BCUT2D eigenvalue weighted by atomic mass is 10.1. The van der Waals surface area contributed by atoms with Gasteiger partial charge in [-0.05, 0) is 43.8 Å². The number of carbonyl (C=O) groups is 1. The number of hydrogen-bond donors (Lipinski definition) is 2. The second-order valence-corrected chi connectivity index (χ2v) is 4.82. The van der Waals surface area contributed by atoms with Gasteiger partial charge in [0.05, 0.1) is 6.42 Å². The van der Waals surface area contributed by atoms with E-state index in [4.69, 9.17) is 23.8 Å². The Kier molecular flexibility index (Phi) is 5.38. The Morgan fingerprint density at radius 2 is 1.94 bits per heavy atom. The molecule has 5 heteroatoms. The molecule has 0 fully saturated rings. The molecule has 0 bridgehead atoms. The molecule has 0 heterocycles. The Morgan fingerprint density at radius 3 is 2.47 bits per heavy atom. The topological polar surface area (TPSA) is 41.1 Å². The highest BCUT2D eigenvalue weighted by atomic mass is 35.5. The molecule has 0 atom stereocenters. The van der Waals surface area contributed by atoms with Gasteiger partial charge in [0.1, 0.15) is 0 Å². The molecule has 0 saturated heterocycles. The molecule has 1 amide bonds. The summed E-state index contributed by atoms with van der Waals surface area (Å²) in [6, 6.07) is 7.36. The standard InChI is InChI=1S/C12H15ClN2OS/c1-8(2)14-12(17)15-11(16)7-9-3-5-10(13)6-4-9/h3-6,8H,7H2,1-2H3,(H2,14,15,16,17). The molecule has 1 aromatic rings. The van der Waals surface area contributed by atoms with E-state index >= 15 is 0 Å². The second kappa shape index (κ2) is 6.57. The van der Waals surface area contributed by atoms with Crippen molar-refractivity contribution in [2.75, 3.05) is 0 Å². The molecule has 92 valence electrons. The third-order valence-electron chi connectivity index (χ3n) is 1.95. The van der Waals surface area contributed by atoms with Gasteiger partial charge in [-0.1, -0.05) is 23.7 Å². The molecular formula is C12H15ClN2OS. The minimum atomic E-state index is -0.134. The summed E-state index contributed by atoms with van der Waals surface area (Å²) in [6.45, 7) is 3.91. The van der Waals surface area contributed by atoms with E-state index < -0.39 is 0 Å². The van der Waals surface area contributed by atoms with E-state index in [2.05, 4.69) is 10.6 Å². The third kappa shape index (κ3) is 5.65. The van der Waals surface area contributed by atoms with Crippen molar-refractivity contribution in [3.8, 4) is 0 Å². The van der Waals surface area contributed by atoms with Crippen LogP contribution in [-0.4, -0.2) is 17.1 Å². The zero-order chi connectivity index (χ0) is 12.8. The molecule has 0 saturated carbocycles. The largest absolute Gasteiger partial charge is 0.360 e. The molecule has 0 aromatic heterocycles. The Bertz CT molecular complexity index is 403. The SMILES string of the molecule is CC(C)NC(=S)NC(=O)Cc1ccc(Cl)cc1. The summed E-state index contributed by atoms with van der Waals surface area (Å²) in [6.07, 6.45) is 0.289. The molecular weight excluding hydrogens is 256 g/mol. The molecule has 17 heavy (non-hydrogen) atoms. The van der Waals surface area contributed by atoms with Crippen LogP contribution in [0.25, 0.3) is 0 Å². The maximum absolute atomic E-state index is 11.6. The van der Waals surface area contributed by atoms with E-state index in [9.17, 15) is 4.79 Å². The average molecular weight is 271 g/mol. The van der Waals surface area contributed by atoms with Gasteiger partial charge in [-0.3, -0.25) is 4.79 Å². The van der Waals surface area contributed by atoms with Gasteiger partial charge in [-0.2, -0.15) is 0 Å². The molecule has 3 nitrogen and oxygen atoms in total. The zero-order valence-corrected chi connectivity index (χ0v) is 11.4. The first kappa shape index (κ1) is 13.9. The normalized spacial score (nSPS) is 10.1. The van der Waals surface area contributed by atoms with E-state index in [1.807, 2.05) is 26.0 Å². The first-order valence-corrected chi connectivity index (χ1v) is 6.11. The summed E-state index contributed by atoms with van der Waals surface area (Å²) < 4.78 is 0. The molecule has 2 N–H and O–H groups in total.